The maximum absolute atomic E-state index is 12.1. The quantitative estimate of drug-likeness (QED) is 0.770. The number of amides is 1. The molecule has 0 aliphatic carbocycles. The molecule has 124 valence electrons. The van der Waals surface area contributed by atoms with E-state index in [0.29, 0.717) is 29.7 Å². The molecule has 0 radical (unpaired) electrons. The molecule has 0 aliphatic heterocycles. The highest BCUT2D eigenvalue weighted by molar-refractivity contribution is 8.00. The summed E-state index contributed by atoms with van der Waals surface area (Å²) in [7, 11) is 0. The highest BCUT2D eigenvalue weighted by Gasteiger charge is 2.16. The number of thioether (sulfide) groups is 1. The van der Waals surface area contributed by atoms with Crippen LogP contribution in [0.2, 0.25) is 0 Å². The lowest BCUT2D eigenvalue weighted by Crippen LogP contribution is -2.31. The van der Waals surface area contributed by atoms with Gasteiger partial charge in [-0.1, -0.05) is 44.2 Å². The fourth-order valence-corrected chi connectivity index (χ4v) is 3.22. The monoisotopic (exact) mass is 338 g/mol. The minimum atomic E-state index is 0.0333. The molecule has 2 aromatic rings. The van der Waals surface area contributed by atoms with E-state index in [1.807, 2.05) is 30.3 Å². The van der Waals surface area contributed by atoms with Gasteiger partial charge in [0.2, 0.25) is 5.91 Å². The Morgan fingerprint density at radius 1 is 1.12 bits per heavy atom. The van der Waals surface area contributed by atoms with Gasteiger partial charge >= 0.3 is 0 Å². The molecule has 0 aliphatic rings. The predicted molar refractivity (Wildman–Crippen MR) is 98.9 cm³/mol. The molecule has 0 bridgehead atoms. The van der Waals surface area contributed by atoms with E-state index < -0.39 is 0 Å². The lowest BCUT2D eigenvalue weighted by atomic mass is 9.88. The molecule has 1 amide bonds. The smallest absolute Gasteiger partial charge is 0.230 e. The van der Waals surface area contributed by atoms with Crippen molar-refractivity contribution >= 4 is 17.7 Å². The van der Waals surface area contributed by atoms with Crippen LogP contribution in [0.25, 0.3) is 0 Å². The molecule has 0 saturated carbocycles. The fourth-order valence-electron chi connectivity index (χ4n) is 2.49. The van der Waals surface area contributed by atoms with Crippen LogP contribution in [0.4, 0.5) is 0 Å². The highest BCUT2D eigenvalue weighted by atomic mass is 32.2. The first-order valence-corrected chi connectivity index (χ1v) is 9.03. The molecule has 0 spiro atoms. The SMILES string of the molecule is CC(C)C(CNC(=O)CSc1ccc(C#N)cc1)c1ccccc1. The third-order valence-corrected chi connectivity index (χ3v) is 4.92. The van der Waals surface area contributed by atoms with Gasteiger partial charge in [-0.15, -0.1) is 11.8 Å². The topological polar surface area (TPSA) is 52.9 Å². The number of hydrogen-bond acceptors (Lipinski definition) is 3. The first kappa shape index (κ1) is 18.1. The lowest BCUT2D eigenvalue weighted by molar-refractivity contribution is -0.118. The predicted octanol–water partition coefficient (Wildman–Crippen LogP) is 4.21. The zero-order valence-electron chi connectivity index (χ0n) is 14.0. The molecule has 1 atom stereocenters. The Kier molecular flexibility index (Phi) is 6.89. The maximum Gasteiger partial charge on any atom is 0.230 e. The number of nitrogens with one attached hydrogen (secondary N) is 1. The molecule has 2 aromatic carbocycles. The second-order valence-electron chi connectivity index (χ2n) is 5.99. The molecule has 0 heterocycles. The molecule has 1 unspecified atom stereocenters. The van der Waals surface area contributed by atoms with Crippen molar-refractivity contribution < 1.29 is 4.79 Å². The molecule has 2 rings (SSSR count). The van der Waals surface area contributed by atoms with Crippen LogP contribution in [-0.4, -0.2) is 18.2 Å². The number of benzene rings is 2. The van der Waals surface area contributed by atoms with Crippen molar-refractivity contribution in [1.82, 2.24) is 5.32 Å². The molecule has 0 saturated heterocycles. The van der Waals surface area contributed by atoms with Crippen LogP contribution in [0.1, 0.15) is 30.9 Å². The summed E-state index contributed by atoms with van der Waals surface area (Å²) < 4.78 is 0. The summed E-state index contributed by atoms with van der Waals surface area (Å²) in [5, 5.41) is 11.8. The van der Waals surface area contributed by atoms with Gasteiger partial charge in [-0.05, 0) is 35.7 Å². The third-order valence-electron chi connectivity index (χ3n) is 3.90. The van der Waals surface area contributed by atoms with Gasteiger partial charge < -0.3 is 5.32 Å². The van der Waals surface area contributed by atoms with Gasteiger partial charge in [-0.2, -0.15) is 5.26 Å². The zero-order chi connectivity index (χ0) is 17.4. The van der Waals surface area contributed by atoms with Crippen molar-refractivity contribution in [3.8, 4) is 6.07 Å². The maximum atomic E-state index is 12.1. The summed E-state index contributed by atoms with van der Waals surface area (Å²) in [5.41, 5.74) is 1.89. The van der Waals surface area contributed by atoms with E-state index in [9.17, 15) is 4.79 Å². The summed E-state index contributed by atoms with van der Waals surface area (Å²) >= 11 is 1.48. The molecule has 0 aromatic heterocycles. The molecule has 1 N–H and O–H groups in total. The number of nitrogens with zero attached hydrogens (tertiary/aromatic N) is 1. The standard InChI is InChI=1S/C20H22N2OS/c1-15(2)19(17-6-4-3-5-7-17)13-22-20(23)14-24-18-10-8-16(12-21)9-11-18/h3-11,15,19H,13-14H2,1-2H3,(H,22,23). The number of rotatable bonds is 7. The van der Waals surface area contributed by atoms with Gasteiger partial charge in [0.15, 0.2) is 0 Å². The molecular weight excluding hydrogens is 316 g/mol. The summed E-state index contributed by atoms with van der Waals surface area (Å²) in [4.78, 5) is 13.1. The Balaban J connectivity index is 1.84. The van der Waals surface area contributed by atoms with Crippen LogP contribution in [0, 0.1) is 17.2 Å². The summed E-state index contributed by atoms with van der Waals surface area (Å²) in [6, 6.07) is 19.7. The van der Waals surface area contributed by atoms with Crippen LogP contribution < -0.4 is 5.32 Å². The minimum Gasteiger partial charge on any atom is -0.355 e. The van der Waals surface area contributed by atoms with Crippen LogP contribution in [0.3, 0.4) is 0 Å². The van der Waals surface area contributed by atoms with Crippen molar-refractivity contribution in [3.05, 3.63) is 65.7 Å². The minimum absolute atomic E-state index is 0.0333. The van der Waals surface area contributed by atoms with Crippen molar-refractivity contribution in [2.45, 2.75) is 24.7 Å². The lowest BCUT2D eigenvalue weighted by Gasteiger charge is -2.21. The zero-order valence-corrected chi connectivity index (χ0v) is 14.8. The summed E-state index contributed by atoms with van der Waals surface area (Å²) in [5.74, 6) is 1.19. The van der Waals surface area contributed by atoms with E-state index in [-0.39, 0.29) is 5.91 Å². The summed E-state index contributed by atoms with van der Waals surface area (Å²) in [6.07, 6.45) is 0. The average molecular weight is 338 g/mol. The average Bonchev–Trinajstić information content (AvgIpc) is 2.61. The van der Waals surface area contributed by atoms with Crippen molar-refractivity contribution in [2.24, 2.45) is 5.92 Å². The highest BCUT2D eigenvalue weighted by Crippen LogP contribution is 2.23. The second kappa shape index (κ2) is 9.14. The first-order valence-electron chi connectivity index (χ1n) is 8.04. The van der Waals surface area contributed by atoms with Gasteiger partial charge in [0.25, 0.3) is 0 Å². The Labute approximate surface area is 148 Å². The van der Waals surface area contributed by atoms with Gasteiger partial charge in [0, 0.05) is 17.4 Å². The second-order valence-corrected chi connectivity index (χ2v) is 7.04. The fraction of sp³-hybridized carbons (Fsp3) is 0.300. The Morgan fingerprint density at radius 3 is 2.38 bits per heavy atom. The van der Waals surface area contributed by atoms with E-state index >= 15 is 0 Å². The Bertz CT molecular complexity index is 690. The van der Waals surface area contributed by atoms with E-state index in [1.54, 1.807) is 12.1 Å². The number of carbonyl (C=O) groups is 1. The first-order chi connectivity index (χ1) is 11.6. The van der Waals surface area contributed by atoms with Crippen molar-refractivity contribution in [1.29, 1.82) is 5.26 Å². The number of carbonyl (C=O) groups excluding carboxylic acids is 1. The Morgan fingerprint density at radius 2 is 1.79 bits per heavy atom. The van der Waals surface area contributed by atoms with Gasteiger partial charge in [0.1, 0.15) is 0 Å². The molecule has 4 heteroatoms. The largest absolute Gasteiger partial charge is 0.355 e. The molecular formula is C20H22N2OS. The number of hydrogen-bond donors (Lipinski definition) is 1. The van der Waals surface area contributed by atoms with Crippen LogP contribution in [-0.2, 0) is 4.79 Å². The molecule has 0 fully saturated rings. The van der Waals surface area contributed by atoms with Gasteiger partial charge in [0.05, 0.1) is 17.4 Å². The molecule has 3 nitrogen and oxygen atoms in total. The van der Waals surface area contributed by atoms with Crippen molar-refractivity contribution in [3.63, 3.8) is 0 Å². The van der Waals surface area contributed by atoms with Crippen LogP contribution >= 0.6 is 11.8 Å². The third kappa shape index (κ3) is 5.43. The number of nitriles is 1. The van der Waals surface area contributed by atoms with E-state index in [1.165, 1.54) is 17.3 Å². The van der Waals surface area contributed by atoms with E-state index in [4.69, 9.17) is 5.26 Å². The van der Waals surface area contributed by atoms with Gasteiger partial charge in [-0.3, -0.25) is 4.79 Å². The van der Waals surface area contributed by atoms with Crippen LogP contribution in [0.5, 0.6) is 0 Å². The van der Waals surface area contributed by atoms with E-state index in [0.717, 1.165) is 4.90 Å². The molecule has 24 heavy (non-hydrogen) atoms. The summed E-state index contributed by atoms with van der Waals surface area (Å²) in [6.45, 7) is 5.00. The van der Waals surface area contributed by atoms with Crippen LogP contribution in [0.15, 0.2) is 59.5 Å². The van der Waals surface area contributed by atoms with Gasteiger partial charge in [-0.25, -0.2) is 0 Å². The Hall–Kier alpha value is -2.25. The van der Waals surface area contributed by atoms with Crippen molar-refractivity contribution in [2.75, 3.05) is 12.3 Å². The normalized spacial score (nSPS) is 11.8. The van der Waals surface area contributed by atoms with E-state index in [2.05, 4.69) is 37.4 Å².